The van der Waals surface area contributed by atoms with E-state index in [1.807, 2.05) is 39.0 Å². The average Bonchev–Trinajstić information content (AvgIpc) is 3.02. The van der Waals surface area contributed by atoms with Crippen molar-refractivity contribution in [1.82, 2.24) is 9.78 Å². The second-order valence-electron chi connectivity index (χ2n) is 6.57. The summed E-state index contributed by atoms with van der Waals surface area (Å²) < 4.78 is 21.6. The maximum Gasteiger partial charge on any atom is 0.240 e. The maximum absolute atomic E-state index is 14.0. The Hall–Kier alpha value is -2.80. The zero-order chi connectivity index (χ0) is 19.4. The molecule has 3 nitrogen and oxygen atoms in total. The van der Waals surface area contributed by atoms with Crippen molar-refractivity contribution in [3.05, 3.63) is 59.0 Å². The molecule has 4 heteroatoms. The van der Waals surface area contributed by atoms with Crippen LogP contribution in [0.5, 0.6) is 5.75 Å². The molecule has 0 unspecified atom stereocenters. The molecule has 0 N–H and O–H groups in total. The molecule has 1 atom stereocenters. The predicted molar refractivity (Wildman–Crippen MR) is 107 cm³/mol. The van der Waals surface area contributed by atoms with Crippen molar-refractivity contribution in [1.29, 1.82) is 0 Å². The Kier molecular flexibility index (Phi) is 5.81. The number of ether oxygens (including phenoxy) is 1. The third kappa shape index (κ3) is 3.83. The van der Waals surface area contributed by atoms with Gasteiger partial charge in [0.25, 0.3) is 0 Å². The van der Waals surface area contributed by atoms with Gasteiger partial charge in [-0.05, 0) is 62.1 Å². The lowest BCUT2D eigenvalue weighted by atomic mass is 9.97. The summed E-state index contributed by atoms with van der Waals surface area (Å²) in [6, 6.07) is 11.8. The molecule has 0 amide bonds. The first-order chi connectivity index (χ1) is 13.1. The number of halogens is 1. The minimum atomic E-state index is -0.418. The Morgan fingerprint density at radius 2 is 1.89 bits per heavy atom. The van der Waals surface area contributed by atoms with Gasteiger partial charge in [0.2, 0.25) is 5.95 Å². The third-order valence-electron chi connectivity index (χ3n) is 4.94. The van der Waals surface area contributed by atoms with Crippen molar-refractivity contribution >= 4 is 10.9 Å². The standard InChI is InChI=1S/C23H25FN2O/c1-5-8-17(6-2)18-9-12-20(13-10-18)27-15-19-11-14-21-22(16(19)4)26(7-3)25-23(21)24/h9-14,17H,6-7,15H2,1-4H3/t17-/m1/s1. The molecule has 0 aliphatic heterocycles. The summed E-state index contributed by atoms with van der Waals surface area (Å²) in [4.78, 5) is 0. The van der Waals surface area contributed by atoms with Crippen LogP contribution in [0.15, 0.2) is 36.4 Å². The molecule has 3 rings (SSSR count). The number of hydrogen-bond acceptors (Lipinski definition) is 2. The Bertz CT molecular complexity index is 993. The topological polar surface area (TPSA) is 27.1 Å². The van der Waals surface area contributed by atoms with Crippen LogP contribution in [0.3, 0.4) is 0 Å². The van der Waals surface area contributed by atoms with Gasteiger partial charge in [0.05, 0.1) is 10.9 Å². The predicted octanol–water partition coefficient (Wildman–Crippen LogP) is 5.60. The summed E-state index contributed by atoms with van der Waals surface area (Å²) in [5.41, 5.74) is 4.09. The van der Waals surface area contributed by atoms with E-state index in [1.165, 1.54) is 5.56 Å². The summed E-state index contributed by atoms with van der Waals surface area (Å²) in [7, 11) is 0. The summed E-state index contributed by atoms with van der Waals surface area (Å²) in [6.07, 6.45) is 0.988. The Balaban J connectivity index is 1.78. The van der Waals surface area contributed by atoms with Gasteiger partial charge in [-0.2, -0.15) is 4.39 Å². The van der Waals surface area contributed by atoms with E-state index in [0.717, 1.165) is 28.8 Å². The monoisotopic (exact) mass is 364 g/mol. The summed E-state index contributed by atoms with van der Waals surface area (Å²) in [5, 5.41) is 4.54. The number of nitrogens with zero attached hydrogens (tertiary/aromatic N) is 2. The Morgan fingerprint density at radius 3 is 2.52 bits per heavy atom. The first-order valence-corrected chi connectivity index (χ1v) is 9.38. The van der Waals surface area contributed by atoms with E-state index in [9.17, 15) is 4.39 Å². The van der Waals surface area contributed by atoms with Crippen LogP contribution in [0.1, 0.15) is 49.8 Å². The first kappa shape index (κ1) is 19.0. The lowest BCUT2D eigenvalue weighted by molar-refractivity contribution is 0.305. The quantitative estimate of drug-likeness (QED) is 0.532. The number of aromatic nitrogens is 2. The molecule has 0 spiro atoms. The van der Waals surface area contributed by atoms with Crippen LogP contribution in [0.2, 0.25) is 0 Å². The van der Waals surface area contributed by atoms with Gasteiger partial charge in [-0.25, -0.2) is 0 Å². The van der Waals surface area contributed by atoms with Crippen molar-refractivity contribution in [2.75, 3.05) is 0 Å². The van der Waals surface area contributed by atoms with Crippen LogP contribution in [0.25, 0.3) is 10.9 Å². The SMILES string of the molecule is CC#C[C@@H](CC)c1ccc(OCc2ccc3c(F)nn(CC)c3c2C)cc1. The molecule has 0 bridgehead atoms. The molecule has 3 aromatic rings. The van der Waals surface area contributed by atoms with Crippen LogP contribution in [0, 0.1) is 24.7 Å². The van der Waals surface area contributed by atoms with Gasteiger partial charge in [0, 0.05) is 12.5 Å². The number of aryl methyl sites for hydroxylation is 2. The van der Waals surface area contributed by atoms with E-state index in [2.05, 4.69) is 36.0 Å². The van der Waals surface area contributed by atoms with Crippen molar-refractivity contribution in [3.63, 3.8) is 0 Å². The van der Waals surface area contributed by atoms with Crippen LogP contribution in [-0.2, 0) is 13.2 Å². The zero-order valence-electron chi connectivity index (χ0n) is 16.3. The first-order valence-electron chi connectivity index (χ1n) is 9.38. The Morgan fingerprint density at radius 1 is 1.15 bits per heavy atom. The summed E-state index contributed by atoms with van der Waals surface area (Å²) >= 11 is 0. The van der Waals surface area contributed by atoms with Gasteiger partial charge in [0.1, 0.15) is 12.4 Å². The van der Waals surface area contributed by atoms with Gasteiger partial charge in [-0.15, -0.1) is 11.0 Å². The lowest BCUT2D eigenvalue weighted by Crippen LogP contribution is -2.02. The van der Waals surface area contributed by atoms with Crippen LogP contribution in [0.4, 0.5) is 4.39 Å². The number of benzene rings is 2. The molecule has 0 radical (unpaired) electrons. The van der Waals surface area contributed by atoms with Gasteiger partial charge in [0.15, 0.2) is 0 Å². The highest BCUT2D eigenvalue weighted by Gasteiger charge is 2.14. The molecule has 0 aliphatic carbocycles. The minimum absolute atomic E-state index is 0.262. The normalized spacial score (nSPS) is 11.9. The molecule has 140 valence electrons. The second kappa shape index (κ2) is 8.26. The second-order valence-corrected chi connectivity index (χ2v) is 6.57. The highest BCUT2D eigenvalue weighted by Crippen LogP contribution is 2.26. The molecule has 0 saturated heterocycles. The van der Waals surface area contributed by atoms with Crippen molar-refractivity contribution in [3.8, 4) is 17.6 Å². The lowest BCUT2D eigenvalue weighted by Gasteiger charge is -2.12. The fraction of sp³-hybridized carbons (Fsp3) is 0.348. The average molecular weight is 364 g/mol. The van der Waals surface area contributed by atoms with Crippen LogP contribution in [-0.4, -0.2) is 9.78 Å². The van der Waals surface area contributed by atoms with Crippen LogP contribution < -0.4 is 4.74 Å². The summed E-state index contributed by atoms with van der Waals surface area (Å²) in [6.45, 7) is 9.03. The Labute approximate surface area is 160 Å². The third-order valence-corrected chi connectivity index (χ3v) is 4.94. The number of rotatable bonds is 6. The van der Waals surface area contributed by atoms with Gasteiger partial charge >= 0.3 is 0 Å². The molecular weight excluding hydrogens is 339 g/mol. The molecule has 0 saturated carbocycles. The van der Waals surface area contributed by atoms with E-state index in [1.54, 1.807) is 10.7 Å². The van der Waals surface area contributed by atoms with E-state index in [-0.39, 0.29) is 5.92 Å². The van der Waals surface area contributed by atoms with Crippen molar-refractivity contribution in [2.24, 2.45) is 0 Å². The highest BCUT2D eigenvalue weighted by molar-refractivity contribution is 5.83. The van der Waals surface area contributed by atoms with Crippen LogP contribution >= 0.6 is 0 Å². The van der Waals surface area contributed by atoms with E-state index in [4.69, 9.17) is 4.74 Å². The van der Waals surface area contributed by atoms with Gasteiger partial charge < -0.3 is 4.74 Å². The molecule has 0 fully saturated rings. The molecule has 27 heavy (non-hydrogen) atoms. The number of fused-ring (bicyclic) bond motifs is 1. The largest absolute Gasteiger partial charge is 0.489 e. The fourth-order valence-corrected chi connectivity index (χ4v) is 3.39. The maximum atomic E-state index is 14.0. The van der Waals surface area contributed by atoms with Gasteiger partial charge in [-0.3, -0.25) is 4.68 Å². The van der Waals surface area contributed by atoms with E-state index in [0.29, 0.717) is 18.5 Å². The molecule has 1 heterocycles. The van der Waals surface area contributed by atoms with Crippen molar-refractivity contribution in [2.45, 2.75) is 53.2 Å². The molecule has 1 aromatic heterocycles. The van der Waals surface area contributed by atoms with Gasteiger partial charge in [-0.1, -0.05) is 31.0 Å². The molecule has 0 aliphatic rings. The molecular formula is C23H25FN2O. The molecule has 2 aromatic carbocycles. The highest BCUT2D eigenvalue weighted by atomic mass is 19.1. The smallest absolute Gasteiger partial charge is 0.240 e. The van der Waals surface area contributed by atoms with E-state index < -0.39 is 5.95 Å². The van der Waals surface area contributed by atoms with Crippen molar-refractivity contribution < 1.29 is 9.13 Å². The zero-order valence-corrected chi connectivity index (χ0v) is 16.3. The number of hydrogen-bond donors (Lipinski definition) is 0. The fourth-order valence-electron chi connectivity index (χ4n) is 3.39. The van der Waals surface area contributed by atoms with E-state index >= 15 is 0 Å². The minimum Gasteiger partial charge on any atom is -0.489 e. The summed E-state index contributed by atoms with van der Waals surface area (Å²) in [5.74, 6) is 6.89.